The number of halogens is 2. The van der Waals surface area contributed by atoms with Crippen LogP contribution in [0, 0.1) is 0 Å². The first kappa shape index (κ1) is 19.2. The summed E-state index contributed by atoms with van der Waals surface area (Å²) >= 11 is 11.8. The molecule has 0 saturated heterocycles. The zero-order valence-electron chi connectivity index (χ0n) is 14.5. The third-order valence-electron chi connectivity index (χ3n) is 3.67. The second-order valence-electron chi connectivity index (χ2n) is 5.62. The van der Waals surface area contributed by atoms with Crippen LogP contribution in [0.15, 0.2) is 47.0 Å². The molecule has 8 heteroatoms. The zero-order chi connectivity index (χ0) is 19.2. The molecule has 6 nitrogen and oxygen atoms in total. The smallest absolute Gasteiger partial charge is 0.227 e. The fraction of sp³-hybridized carbons (Fsp3) is 0.211. The van der Waals surface area contributed by atoms with Gasteiger partial charge in [-0.25, -0.2) is 0 Å². The summed E-state index contributed by atoms with van der Waals surface area (Å²) in [5.74, 6) is 1.30. The topological polar surface area (TPSA) is 77.2 Å². The highest BCUT2D eigenvalue weighted by molar-refractivity contribution is 6.42. The number of benzene rings is 2. The number of carbonyl (C=O) groups is 1. The average molecular weight is 406 g/mol. The van der Waals surface area contributed by atoms with Crippen molar-refractivity contribution in [1.29, 1.82) is 0 Å². The van der Waals surface area contributed by atoms with Gasteiger partial charge >= 0.3 is 0 Å². The van der Waals surface area contributed by atoms with Gasteiger partial charge in [0.25, 0.3) is 0 Å². The molecule has 1 N–H and O–H groups in total. The minimum Gasteiger partial charge on any atom is -0.493 e. The molecule has 1 heterocycles. The Morgan fingerprint density at radius 2 is 2.00 bits per heavy atom. The molecular formula is C19H17Cl2N3O3. The van der Waals surface area contributed by atoms with Crippen molar-refractivity contribution in [3.05, 3.63) is 58.4 Å². The SMILES string of the molecule is CCOc1ccccc1-c1noc(CCC(=O)Nc2ccc(Cl)c(Cl)c2)n1. The van der Waals surface area contributed by atoms with Crippen LogP contribution in [0.4, 0.5) is 5.69 Å². The summed E-state index contributed by atoms with van der Waals surface area (Å²) < 4.78 is 10.8. The van der Waals surface area contributed by atoms with Gasteiger partial charge in [0.05, 0.1) is 22.2 Å². The van der Waals surface area contributed by atoms with Gasteiger partial charge in [0.15, 0.2) is 0 Å². The minimum absolute atomic E-state index is 0.189. The molecule has 3 aromatic rings. The van der Waals surface area contributed by atoms with Gasteiger partial charge in [0.2, 0.25) is 17.6 Å². The maximum atomic E-state index is 12.1. The van der Waals surface area contributed by atoms with Crippen molar-refractivity contribution >= 4 is 34.8 Å². The molecule has 0 spiro atoms. The van der Waals surface area contributed by atoms with Crippen LogP contribution >= 0.6 is 23.2 Å². The fourth-order valence-corrected chi connectivity index (χ4v) is 2.71. The molecule has 0 fully saturated rings. The second kappa shape index (κ2) is 8.88. The van der Waals surface area contributed by atoms with Crippen molar-refractivity contribution in [2.45, 2.75) is 19.8 Å². The van der Waals surface area contributed by atoms with Crippen molar-refractivity contribution in [3.63, 3.8) is 0 Å². The number of rotatable bonds is 7. The van der Waals surface area contributed by atoms with Gasteiger partial charge in [0.1, 0.15) is 5.75 Å². The number of nitrogens with one attached hydrogen (secondary N) is 1. The van der Waals surface area contributed by atoms with Crippen LogP contribution < -0.4 is 10.1 Å². The molecule has 27 heavy (non-hydrogen) atoms. The molecule has 0 saturated carbocycles. The van der Waals surface area contributed by atoms with Gasteiger partial charge in [-0.3, -0.25) is 4.79 Å². The van der Waals surface area contributed by atoms with Crippen molar-refractivity contribution in [2.24, 2.45) is 0 Å². The van der Waals surface area contributed by atoms with E-state index in [0.29, 0.717) is 46.2 Å². The number of para-hydroxylation sites is 1. The van der Waals surface area contributed by atoms with Crippen LogP contribution in [0.2, 0.25) is 10.0 Å². The lowest BCUT2D eigenvalue weighted by Gasteiger charge is -2.06. The largest absolute Gasteiger partial charge is 0.493 e. The first-order valence-corrected chi connectivity index (χ1v) is 9.12. The van der Waals surface area contributed by atoms with E-state index in [2.05, 4.69) is 15.5 Å². The molecule has 0 aliphatic carbocycles. The van der Waals surface area contributed by atoms with E-state index in [1.54, 1.807) is 18.2 Å². The summed E-state index contributed by atoms with van der Waals surface area (Å²) in [6, 6.07) is 12.4. The number of hydrogen-bond donors (Lipinski definition) is 1. The number of aromatic nitrogens is 2. The number of anilines is 1. The van der Waals surface area contributed by atoms with Gasteiger partial charge in [-0.05, 0) is 37.3 Å². The predicted octanol–water partition coefficient (Wildman–Crippen LogP) is 5.01. The summed E-state index contributed by atoms with van der Waals surface area (Å²) in [6.07, 6.45) is 0.506. The van der Waals surface area contributed by atoms with Crippen LogP contribution in [0.3, 0.4) is 0 Å². The zero-order valence-corrected chi connectivity index (χ0v) is 16.0. The summed E-state index contributed by atoms with van der Waals surface area (Å²) in [4.78, 5) is 16.5. The maximum absolute atomic E-state index is 12.1. The molecule has 140 valence electrons. The predicted molar refractivity (Wildman–Crippen MR) is 104 cm³/mol. The third kappa shape index (κ3) is 4.99. The van der Waals surface area contributed by atoms with Gasteiger partial charge in [-0.1, -0.05) is 40.5 Å². The number of carbonyl (C=O) groups excluding carboxylic acids is 1. The minimum atomic E-state index is -0.192. The highest BCUT2D eigenvalue weighted by atomic mass is 35.5. The lowest BCUT2D eigenvalue weighted by Crippen LogP contribution is -2.12. The molecule has 0 radical (unpaired) electrons. The quantitative estimate of drug-likeness (QED) is 0.597. The molecule has 1 aromatic heterocycles. The summed E-state index contributed by atoms with van der Waals surface area (Å²) in [5.41, 5.74) is 1.32. The van der Waals surface area contributed by atoms with Gasteiger partial charge in [0, 0.05) is 18.5 Å². The van der Waals surface area contributed by atoms with Crippen molar-refractivity contribution in [2.75, 3.05) is 11.9 Å². The first-order valence-electron chi connectivity index (χ1n) is 8.36. The Bertz CT molecular complexity index is 943. The third-order valence-corrected chi connectivity index (χ3v) is 4.40. The molecule has 1 amide bonds. The van der Waals surface area contributed by atoms with E-state index in [4.69, 9.17) is 32.5 Å². The highest BCUT2D eigenvalue weighted by Crippen LogP contribution is 2.28. The summed E-state index contributed by atoms with van der Waals surface area (Å²) in [5, 5.41) is 7.54. The Balaban J connectivity index is 1.61. The molecule has 2 aromatic carbocycles. The molecule has 0 atom stereocenters. The number of aryl methyl sites for hydroxylation is 1. The standard InChI is InChI=1S/C19H17Cl2N3O3/c1-2-26-16-6-4-3-5-13(16)19-23-18(27-24-19)10-9-17(25)22-12-7-8-14(20)15(21)11-12/h3-8,11H,2,9-10H2,1H3,(H,22,25). The Kier molecular flexibility index (Phi) is 6.32. The van der Waals surface area contributed by atoms with Gasteiger partial charge < -0.3 is 14.6 Å². The molecule has 0 aliphatic rings. The van der Waals surface area contributed by atoms with Crippen LogP contribution in [0.25, 0.3) is 11.4 Å². The summed E-state index contributed by atoms with van der Waals surface area (Å²) in [7, 11) is 0. The number of amides is 1. The van der Waals surface area contributed by atoms with Gasteiger partial charge in [-0.15, -0.1) is 0 Å². The Morgan fingerprint density at radius 1 is 1.19 bits per heavy atom. The average Bonchev–Trinajstić information content (AvgIpc) is 3.13. The maximum Gasteiger partial charge on any atom is 0.227 e. The molecule has 0 aliphatic heterocycles. The Hall–Kier alpha value is -2.57. The first-order chi connectivity index (χ1) is 13.1. The van der Waals surface area contributed by atoms with Gasteiger partial charge in [-0.2, -0.15) is 4.98 Å². The summed E-state index contributed by atoms with van der Waals surface area (Å²) in [6.45, 7) is 2.45. The normalized spacial score (nSPS) is 10.6. The van der Waals surface area contributed by atoms with E-state index in [9.17, 15) is 4.79 Å². The number of nitrogens with zero attached hydrogens (tertiary/aromatic N) is 2. The van der Waals surface area contributed by atoms with E-state index in [1.807, 2.05) is 31.2 Å². The molecule has 0 bridgehead atoms. The van der Waals surface area contributed by atoms with E-state index in [0.717, 1.165) is 5.56 Å². The molecular weight excluding hydrogens is 389 g/mol. The van der Waals surface area contributed by atoms with Crippen LogP contribution in [0.1, 0.15) is 19.2 Å². The van der Waals surface area contributed by atoms with E-state index in [-0.39, 0.29) is 12.3 Å². The number of ether oxygens (including phenoxy) is 1. The molecule has 3 rings (SSSR count). The lowest BCUT2D eigenvalue weighted by molar-refractivity contribution is -0.116. The molecule has 0 unspecified atom stereocenters. The Labute approximate surface area is 166 Å². The fourth-order valence-electron chi connectivity index (χ4n) is 2.42. The second-order valence-corrected chi connectivity index (χ2v) is 6.43. The van der Waals surface area contributed by atoms with Crippen LogP contribution in [-0.2, 0) is 11.2 Å². The van der Waals surface area contributed by atoms with Crippen molar-refractivity contribution in [1.82, 2.24) is 10.1 Å². The lowest BCUT2D eigenvalue weighted by atomic mass is 10.2. The van der Waals surface area contributed by atoms with E-state index < -0.39 is 0 Å². The highest BCUT2D eigenvalue weighted by Gasteiger charge is 2.14. The Morgan fingerprint density at radius 3 is 2.78 bits per heavy atom. The number of hydrogen-bond acceptors (Lipinski definition) is 5. The van der Waals surface area contributed by atoms with E-state index >= 15 is 0 Å². The van der Waals surface area contributed by atoms with E-state index in [1.165, 1.54) is 0 Å². The monoisotopic (exact) mass is 405 g/mol. The van der Waals surface area contributed by atoms with Crippen LogP contribution in [0.5, 0.6) is 5.75 Å². The van der Waals surface area contributed by atoms with Crippen LogP contribution in [-0.4, -0.2) is 22.7 Å². The van der Waals surface area contributed by atoms with Crippen molar-refractivity contribution < 1.29 is 14.1 Å². The van der Waals surface area contributed by atoms with Crippen molar-refractivity contribution in [3.8, 4) is 17.1 Å².